The van der Waals surface area contributed by atoms with E-state index in [-0.39, 0.29) is 42.5 Å². The van der Waals surface area contributed by atoms with E-state index in [2.05, 4.69) is 54.5 Å². The Morgan fingerprint density at radius 2 is 2.00 bits per heavy atom. The van der Waals surface area contributed by atoms with Crippen molar-refractivity contribution in [2.75, 3.05) is 39.8 Å². The molecule has 5 heterocycles. The number of rotatable bonds is 8. The van der Waals surface area contributed by atoms with Crippen molar-refractivity contribution < 1.29 is 23.0 Å². The smallest absolute Gasteiger partial charge is 0.433 e. The van der Waals surface area contributed by atoms with Crippen LogP contribution >= 0.6 is 0 Å². The molecule has 1 aromatic rings. The number of halogens is 3. The molecule has 2 unspecified atom stereocenters. The number of hydrogen-bond acceptors (Lipinski definition) is 10. The Balaban J connectivity index is 1.05. The van der Waals surface area contributed by atoms with Crippen molar-refractivity contribution >= 4 is 12.2 Å². The van der Waals surface area contributed by atoms with Crippen LogP contribution in [0.25, 0.3) is 0 Å². The van der Waals surface area contributed by atoms with E-state index in [1.807, 2.05) is 6.20 Å². The van der Waals surface area contributed by atoms with Crippen molar-refractivity contribution in [1.82, 2.24) is 25.2 Å². The number of aliphatic hydroxyl groups is 1. The largest absolute Gasteiger partial charge is 0.474 e. The molecule has 0 bridgehead atoms. The van der Waals surface area contributed by atoms with E-state index >= 15 is 0 Å². The molecule has 5 aliphatic rings. The summed E-state index contributed by atoms with van der Waals surface area (Å²) in [6, 6.07) is 2.89. The zero-order valence-electron chi connectivity index (χ0n) is 23.1. The van der Waals surface area contributed by atoms with Crippen LogP contribution in [0.15, 0.2) is 46.2 Å². The second-order valence-electron chi connectivity index (χ2n) is 11.6. The van der Waals surface area contributed by atoms with Crippen LogP contribution in [0, 0.1) is 5.92 Å². The van der Waals surface area contributed by atoms with Crippen molar-refractivity contribution in [3.63, 3.8) is 0 Å². The summed E-state index contributed by atoms with van der Waals surface area (Å²) in [6.45, 7) is 2.69. The highest BCUT2D eigenvalue weighted by atomic mass is 19.4. The number of likely N-dealkylation sites (tertiary alicyclic amines) is 1. The Hall–Kier alpha value is -3.00. The number of ether oxygens (including phenoxy) is 1. The third kappa shape index (κ3) is 5.47. The minimum Gasteiger partial charge on any atom is -0.474 e. The average Bonchev–Trinajstić information content (AvgIpc) is 3.56. The summed E-state index contributed by atoms with van der Waals surface area (Å²) in [4.78, 5) is 15.2. The Bertz CT molecular complexity index is 1250. The zero-order valence-corrected chi connectivity index (χ0v) is 23.1. The van der Waals surface area contributed by atoms with Crippen molar-refractivity contribution in [1.29, 1.82) is 0 Å². The highest BCUT2D eigenvalue weighted by Gasteiger charge is 2.52. The van der Waals surface area contributed by atoms with Gasteiger partial charge in [-0.3, -0.25) is 9.89 Å². The normalized spacial score (nSPS) is 30.6. The number of aliphatic hydroxyl groups excluding tert-OH is 1. The lowest BCUT2D eigenvalue weighted by atomic mass is 9.71. The molecule has 2 fully saturated rings. The van der Waals surface area contributed by atoms with Gasteiger partial charge in [-0.25, -0.2) is 15.0 Å². The summed E-state index contributed by atoms with van der Waals surface area (Å²) in [7, 11) is 2.09. The number of piperidine rings is 1. The second kappa shape index (κ2) is 11.0. The van der Waals surface area contributed by atoms with Crippen molar-refractivity contribution in [2.24, 2.45) is 21.6 Å². The van der Waals surface area contributed by atoms with Crippen LogP contribution in [0.5, 0.6) is 5.88 Å². The first kappa shape index (κ1) is 28.1. The summed E-state index contributed by atoms with van der Waals surface area (Å²) >= 11 is 0. The van der Waals surface area contributed by atoms with Gasteiger partial charge in [0.2, 0.25) is 5.88 Å². The number of nitrogens with two attached hydrogens (primary N) is 1. The van der Waals surface area contributed by atoms with Crippen LogP contribution in [0.2, 0.25) is 0 Å². The van der Waals surface area contributed by atoms with Crippen molar-refractivity contribution in [2.45, 2.75) is 62.0 Å². The summed E-state index contributed by atoms with van der Waals surface area (Å²) < 4.78 is 45.9. The molecule has 13 heteroatoms. The first-order valence-corrected chi connectivity index (χ1v) is 14.2. The number of alkyl halides is 3. The molecule has 222 valence electrons. The number of likely N-dealkylation sites (N-methyl/N-ethyl adjacent to an activating group) is 1. The number of hydrazine groups is 1. The van der Waals surface area contributed by atoms with E-state index in [1.165, 1.54) is 11.6 Å². The van der Waals surface area contributed by atoms with E-state index in [0.29, 0.717) is 31.0 Å². The van der Waals surface area contributed by atoms with E-state index in [1.54, 1.807) is 6.34 Å². The van der Waals surface area contributed by atoms with Gasteiger partial charge in [0.25, 0.3) is 0 Å². The molecule has 0 radical (unpaired) electrons. The first-order valence-electron chi connectivity index (χ1n) is 14.2. The summed E-state index contributed by atoms with van der Waals surface area (Å²) in [5.41, 5.74) is 6.85. The number of nitrogens with one attached hydrogen (secondary N) is 1. The molecule has 0 spiro atoms. The Morgan fingerprint density at radius 1 is 1.22 bits per heavy atom. The molecule has 41 heavy (non-hydrogen) atoms. The quantitative estimate of drug-likeness (QED) is 0.432. The van der Waals surface area contributed by atoms with Gasteiger partial charge in [0, 0.05) is 58.1 Å². The van der Waals surface area contributed by atoms with Crippen molar-refractivity contribution in [3.05, 3.63) is 47.4 Å². The number of aromatic nitrogens is 1. The fourth-order valence-corrected chi connectivity index (χ4v) is 6.79. The molecule has 4 aliphatic heterocycles. The minimum absolute atomic E-state index is 0.0250. The van der Waals surface area contributed by atoms with Crippen LogP contribution in [-0.4, -0.2) is 101 Å². The average molecular weight is 575 g/mol. The molecule has 0 amide bonds. The lowest BCUT2D eigenvalue weighted by molar-refractivity contribution is -0.141. The van der Waals surface area contributed by atoms with E-state index in [0.717, 1.165) is 44.4 Å². The van der Waals surface area contributed by atoms with Gasteiger partial charge in [-0.2, -0.15) is 13.2 Å². The second-order valence-corrected chi connectivity index (χ2v) is 11.6. The highest BCUT2D eigenvalue weighted by molar-refractivity contribution is 5.96. The molecule has 1 aliphatic carbocycles. The lowest BCUT2D eigenvalue weighted by Crippen LogP contribution is -2.68. The van der Waals surface area contributed by atoms with Gasteiger partial charge in [-0.05, 0) is 55.5 Å². The van der Waals surface area contributed by atoms with Gasteiger partial charge in [0.1, 0.15) is 24.0 Å². The maximum Gasteiger partial charge on any atom is 0.433 e. The minimum atomic E-state index is -4.57. The topological polar surface area (TPSA) is 115 Å². The van der Waals surface area contributed by atoms with E-state index in [4.69, 9.17) is 10.5 Å². The van der Waals surface area contributed by atoms with Crippen LogP contribution < -0.4 is 15.8 Å². The number of pyridine rings is 1. The molecule has 1 aromatic heterocycles. The maximum atomic E-state index is 13.3. The number of aliphatic imine (C=N–C) groups is 2. The van der Waals surface area contributed by atoms with Gasteiger partial charge in [-0.15, -0.1) is 0 Å². The number of hydrogen-bond donors (Lipinski definition) is 3. The fraction of sp³-hybridized carbons (Fsp3) is 0.607. The van der Waals surface area contributed by atoms with Crippen LogP contribution in [0.3, 0.4) is 0 Å². The van der Waals surface area contributed by atoms with E-state index < -0.39 is 11.9 Å². The van der Waals surface area contributed by atoms with Gasteiger partial charge in [-0.1, -0.05) is 6.08 Å². The molecule has 0 aromatic carbocycles. The molecular weight excluding hydrogens is 537 g/mol. The SMILES string of the molecule is CN1CC(C2N=CN=C3NC=CC32)=CN1C1(CN)CC(N2CCC(Oc3cc(CCO)cc(C(F)(F)F)n3)CC2)C1. The molecule has 2 atom stereocenters. The third-order valence-electron chi connectivity index (χ3n) is 8.99. The molecule has 10 nitrogen and oxygen atoms in total. The first-order chi connectivity index (χ1) is 19.7. The van der Waals surface area contributed by atoms with E-state index in [9.17, 15) is 18.3 Å². The van der Waals surface area contributed by atoms with Crippen molar-refractivity contribution in [3.8, 4) is 5.88 Å². The fourth-order valence-electron chi connectivity index (χ4n) is 6.79. The predicted molar refractivity (Wildman–Crippen MR) is 148 cm³/mol. The lowest BCUT2D eigenvalue weighted by Gasteiger charge is -2.57. The third-order valence-corrected chi connectivity index (χ3v) is 8.99. The highest BCUT2D eigenvalue weighted by Crippen LogP contribution is 2.44. The standard InChI is InChI=1S/C28H37F3N8O2/c1-37-14-19(25-22-2-6-33-26(22)35-17-34-25)15-39(37)27(16-32)12-20(13-27)38-7-3-21(4-8-38)41-24-11-18(5-9-40)10-23(36-24)28(29,30)31/h2,6,10-11,15,17,20-22,25,40H,3-5,7-9,12-14,16,32H2,1H3,(H,33,34,35). The monoisotopic (exact) mass is 574 g/mol. The Kier molecular flexibility index (Phi) is 7.55. The maximum absolute atomic E-state index is 13.3. The zero-order chi connectivity index (χ0) is 28.8. The predicted octanol–water partition coefficient (Wildman–Crippen LogP) is 1.93. The number of nitrogens with zero attached hydrogens (tertiary/aromatic N) is 6. The Morgan fingerprint density at radius 3 is 2.71 bits per heavy atom. The molecule has 1 saturated heterocycles. The molecule has 6 rings (SSSR count). The van der Waals surface area contributed by atoms with Gasteiger partial charge in [0.05, 0.1) is 17.5 Å². The van der Waals surface area contributed by atoms with Crippen LogP contribution in [0.1, 0.15) is 36.9 Å². The van der Waals surface area contributed by atoms with Crippen LogP contribution in [-0.2, 0) is 12.6 Å². The number of fused-ring (bicyclic) bond motifs is 1. The van der Waals surface area contributed by atoms with Gasteiger partial charge >= 0.3 is 6.18 Å². The molecular formula is C28H37F3N8O2. The molecule has 4 N–H and O–H groups in total. The van der Waals surface area contributed by atoms with Gasteiger partial charge in [0.15, 0.2) is 0 Å². The Labute approximate surface area is 237 Å². The van der Waals surface area contributed by atoms with Crippen LogP contribution in [0.4, 0.5) is 13.2 Å². The summed E-state index contributed by atoms with van der Waals surface area (Å²) in [6.07, 6.45) is 6.55. The summed E-state index contributed by atoms with van der Waals surface area (Å²) in [5, 5.41) is 17.0. The molecule has 1 saturated carbocycles. The summed E-state index contributed by atoms with van der Waals surface area (Å²) in [5.74, 6) is 1.04. The van der Waals surface area contributed by atoms with Gasteiger partial charge < -0.3 is 25.9 Å². The number of amidine groups is 1.